The Morgan fingerprint density at radius 2 is 2.32 bits per heavy atom. The summed E-state index contributed by atoms with van der Waals surface area (Å²) < 4.78 is 6.81. The molecule has 1 N–H and O–H groups in total. The topological polar surface area (TPSA) is 72.3 Å². The normalized spacial score (nSPS) is 15.6. The van der Waals surface area contributed by atoms with Gasteiger partial charge in [-0.1, -0.05) is 16.8 Å². The molecule has 0 radical (unpaired) electrons. The minimum Gasteiger partial charge on any atom is -0.497 e. The molecule has 0 atom stereocenters. The zero-order chi connectivity index (χ0) is 15.5. The molecule has 116 valence electrons. The number of rotatable bonds is 4. The molecule has 22 heavy (non-hydrogen) atoms. The van der Waals surface area contributed by atoms with Gasteiger partial charge >= 0.3 is 0 Å². The molecule has 0 spiro atoms. The van der Waals surface area contributed by atoms with Crippen LogP contribution in [0.2, 0.25) is 5.02 Å². The molecule has 1 fully saturated rings. The Bertz CT molecular complexity index is 688. The lowest BCUT2D eigenvalue weighted by atomic mass is 10.3. The summed E-state index contributed by atoms with van der Waals surface area (Å²) in [4.78, 5) is 13.4. The number of hydrogen-bond acceptors (Lipinski definition) is 5. The summed E-state index contributed by atoms with van der Waals surface area (Å²) in [7, 11) is 1.60. The summed E-state index contributed by atoms with van der Waals surface area (Å²) in [6.45, 7) is 2.43. The number of nitrogens with zero attached hydrogens (tertiary/aromatic N) is 4. The van der Waals surface area contributed by atoms with Gasteiger partial charge in [-0.15, -0.1) is 5.10 Å². The largest absolute Gasteiger partial charge is 0.497 e. The van der Waals surface area contributed by atoms with Crippen molar-refractivity contribution in [3.63, 3.8) is 0 Å². The molecule has 8 heteroatoms. The van der Waals surface area contributed by atoms with Crippen LogP contribution in [0.3, 0.4) is 0 Å². The molecule has 0 saturated carbocycles. The summed E-state index contributed by atoms with van der Waals surface area (Å²) >= 11 is 6.20. The highest BCUT2D eigenvalue weighted by atomic mass is 35.5. The van der Waals surface area contributed by atoms with E-state index in [-0.39, 0.29) is 5.91 Å². The van der Waals surface area contributed by atoms with Crippen molar-refractivity contribution in [2.24, 2.45) is 0 Å². The number of piperazine rings is 1. The quantitative estimate of drug-likeness (QED) is 0.904. The molecule has 0 aliphatic carbocycles. The van der Waals surface area contributed by atoms with E-state index in [1.54, 1.807) is 30.0 Å². The summed E-state index contributed by atoms with van der Waals surface area (Å²) in [5.41, 5.74) is 1.49. The second kappa shape index (κ2) is 6.33. The molecule has 1 aliphatic heterocycles. The van der Waals surface area contributed by atoms with Gasteiger partial charge in [0, 0.05) is 25.7 Å². The van der Waals surface area contributed by atoms with E-state index < -0.39 is 0 Å². The van der Waals surface area contributed by atoms with E-state index in [0.29, 0.717) is 36.1 Å². The highest BCUT2D eigenvalue weighted by Crippen LogP contribution is 2.25. The number of amides is 1. The lowest BCUT2D eigenvalue weighted by molar-refractivity contribution is -0.124. The highest BCUT2D eigenvalue weighted by Gasteiger charge is 2.17. The van der Waals surface area contributed by atoms with Gasteiger partial charge in [-0.25, -0.2) is 4.68 Å². The third kappa shape index (κ3) is 3.20. The average molecular weight is 322 g/mol. The van der Waals surface area contributed by atoms with Gasteiger partial charge in [-0.05, 0) is 12.1 Å². The van der Waals surface area contributed by atoms with E-state index in [0.717, 1.165) is 12.2 Å². The summed E-state index contributed by atoms with van der Waals surface area (Å²) in [5.74, 6) is 0.735. The van der Waals surface area contributed by atoms with Gasteiger partial charge in [0.2, 0.25) is 5.91 Å². The Hall–Kier alpha value is -2.12. The van der Waals surface area contributed by atoms with Gasteiger partial charge in [0.1, 0.15) is 5.75 Å². The monoisotopic (exact) mass is 321 g/mol. The van der Waals surface area contributed by atoms with Gasteiger partial charge < -0.3 is 10.1 Å². The van der Waals surface area contributed by atoms with Crippen molar-refractivity contribution in [2.45, 2.75) is 6.54 Å². The average Bonchev–Trinajstić information content (AvgIpc) is 2.96. The highest BCUT2D eigenvalue weighted by molar-refractivity contribution is 6.32. The summed E-state index contributed by atoms with van der Waals surface area (Å²) in [5, 5.41) is 11.6. The fourth-order valence-electron chi connectivity index (χ4n) is 2.34. The van der Waals surface area contributed by atoms with Crippen LogP contribution in [0.1, 0.15) is 5.69 Å². The van der Waals surface area contributed by atoms with E-state index in [9.17, 15) is 4.79 Å². The van der Waals surface area contributed by atoms with Gasteiger partial charge in [0.25, 0.3) is 0 Å². The van der Waals surface area contributed by atoms with Crippen LogP contribution in [0.5, 0.6) is 5.75 Å². The maximum absolute atomic E-state index is 11.4. The molecule has 2 heterocycles. The second-order valence-corrected chi connectivity index (χ2v) is 5.44. The minimum absolute atomic E-state index is 0.0366. The first-order valence-corrected chi connectivity index (χ1v) is 7.27. The zero-order valence-corrected chi connectivity index (χ0v) is 12.9. The van der Waals surface area contributed by atoms with E-state index >= 15 is 0 Å². The first-order chi connectivity index (χ1) is 10.7. The number of aromatic nitrogens is 3. The lowest BCUT2D eigenvalue weighted by Crippen LogP contribution is -2.47. The smallest absolute Gasteiger partial charge is 0.234 e. The Morgan fingerprint density at radius 3 is 3.09 bits per heavy atom. The van der Waals surface area contributed by atoms with Crippen LogP contribution < -0.4 is 10.1 Å². The van der Waals surface area contributed by atoms with Crippen molar-refractivity contribution in [1.29, 1.82) is 0 Å². The van der Waals surface area contributed by atoms with Crippen molar-refractivity contribution in [1.82, 2.24) is 25.2 Å². The third-order valence-corrected chi connectivity index (χ3v) is 3.76. The van der Waals surface area contributed by atoms with Crippen LogP contribution in [0.4, 0.5) is 0 Å². The predicted octanol–water partition coefficient (Wildman–Crippen LogP) is 0.861. The van der Waals surface area contributed by atoms with E-state index in [1.165, 1.54) is 0 Å². The minimum atomic E-state index is 0.0366. The first-order valence-electron chi connectivity index (χ1n) is 6.90. The second-order valence-electron chi connectivity index (χ2n) is 5.03. The van der Waals surface area contributed by atoms with E-state index in [4.69, 9.17) is 16.3 Å². The number of nitrogens with one attached hydrogen (secondary N) is 1. The van der Waals surface area contributed by atoms with Crippen molar-refractivity contribution in [3.05, 3.63) is 35.1 Å². The molecular formula is C14H16ClN5O2. The third-order valence-electron chi connectivity index (χ3n) is 3.44. The number of carbonyl (C=O) groups is 1. The molecule has 0 unspecified atom stereocenters. The van der Waals surface area contributed by atoms with Crippen LogP contribution >= 0.6 is 11.6 Å². The van der Waals surface area contributed by atoms with Gasteiger partial charge in [-0.3, -0.25) is 9.69 Å². The lowest BCUT2D eigenvalue weighted by Gasteiger charge is -2.25. The van der Waals surface area contributed by atoms with Gasteiger partial charge in [0.05, 0.1) is 36.3 Å². The Balaban J connectivity index is 1.77. The summed E-state index contributed by atoms with van der Waals surface area (Å²) in [6, 6.07) is 5.34. The van der Waals surface area contributed by atoms with Crippen LogP contribution in [-0.4, -0.2) is 52.5 Å². The van der Waals surface area contributed by atoms with Gasteiger partial charge in [0.15, 0.2) is 0 Å². The standard InChI is InChI=1S/C14H16ClN5O2/c1-22-11-2-3-12(15)13(6-11)20-8-10(17-18-20)7-19-5-4-16-14(21)9-19/h2-3,6,8H,4-5,7,9H2,1H3,(H,16,21). The molecule has 0 bridgehead atoms. The Labute approximate surface area is 132 Å². The van der Waals surface area contributed by atoms with Crippen molar-refractivity contribution >= 4 is 17.5 Å². The number of ether oxygens (including phenoxy) is 1. The molecule has 3 rings (SSSR count). The van der Waals surface area contributed by atoms with E-state index in [2.05, 4.69) is 15.6 Å². The molecular weight excluding hydrogens is 306 g/mol. The Kier molecular flexibility index (Phi) is 4.26. The molecule has 2 aromatic rings. The molecule has 1 aliphatic rings. The zero-order valence-electron chi connectivity index (χ0n) is 12.1. The number of hydrogen-bond donors (Lipinski definition) is 1. The fourth-order valence-corrected chi connectivity index (χ4v) is 2.54. The summed E-state index contributed by atoms with van der Waals surface area (Å²) in [6.07, 6.45) is 1.81. The van der Waals surface area contributed by atoms with Crippen LogP contribution in [0, 0.1) is 0 Å². The van der Waals surface area contributed by atoms with Crippen LogP contribution in [0.15, 0.2) is 24.4 Å². The SMILES string of the molecule is COc1ccc(Cl)c(-n2cc(CN3CCNC(=O)C3)nn2)c1. The van der Waals surface area contributed by atoms with Crippen molar-refractivity contribution in [2.75, 3.05) is 26.7 Å². The van der Waals surface area contributed by atoms with Crippen LogP contribution in [-0.2, 0) is 11.3 Å². The molecule has 7 nitrogen and oxygen atoms in total. The number of methoxy groups -OCH3 is 1. The number of carbonyl (C=O) groups excluding carboxylic acids is 1. The van der Waals surface area contributed by atoms with Crippen LogP contribution in [0.25, 0.3) is 5.69 Å². The maximum atomic E-state index is 11.4. The predicted molar refractivity (Wildman–Crippen MR) is 81.2 cm³/mol. The van der Waals surface area contributed by atoms with Gasteiger partial charge in [-0.2, -0.15) is 0 Å². The fraction of sp³-hybridized carbons (Fsp3) is 0.357. The number of benzene rings is 1. The molecule has 1 aromatic carbocycles. The van der Waals surface area contributed by atoms with Crippen molar-refractivity contribution in [3.8, 4) is 11.4 Å². The number of halogens is 1. The first kappa shape index (κ1) is 14.8. The van der Waals surface area contributed by atoms with Crippen molar-refractivity contribution < 1.29 is 9.53 Å². The maximum Gasteiger partial charge on any atom is 0.234 e. The molecule has 1 aromatic heterocycles. The van der Waals surface area contributed by atoms with E-state index in [1.807, 2.05) is 11.1 Å². The molecule has 1 saturated heterocycles. The molecule has 1 amide bonds. The Morgan fingerprint density at radius 1 is 1.45 bits per heavy atom.